The molecule has 0 heteroatoms. The maximum Gasteiger partial charge on any atom is 0.00615 e. The van der Waals surface area contributed by atoms with Crippen molar-refractivity contribution in [2.24, 2.45) is 11.3 Å². The van der Waals surface area contributed by atoms with Gasteiger partial charge >= 0.3 is 0 Å². The molecule has 0 saturated heterocycles. The molecule has 0 N–H and O–H groups in total. The predicted molar refractivity (Wildman–Crippen MR) is 43.8 cm³/mol. The quantitative estimate of drug-likeness (QED) is 0.486. The van der Waals surface area contributed by atoms with Crippen LogP contribution < -0.4 is 0 Å². The van der Waals surface area contributed by atoms with E-state index in [9.17, 15) is 0 Å². The van der Waals surface area contributed by atoms with Crippen LogP contribution in [0.2, 0.25) is 0 Å². The summed E-state index contributed by atoms with van der Waals surface area (Å²) in [5, 5.41) is 0. The molecule has 2 rings (SSSR count). The van der Waals surface area contributed by atoms with Crippen molar-refractivity contribution in [3.63, 3.8) is 0 Å². The molecule has 0 aromatic rings. The molecule has 1 saturated carbocycles. The van der Waals surface area contributed by atoms with Crippen LogP contribution in [0.15, 0.2) is 12.2 Å². The van der Waals surface area contributed by atoms with Gasteiger partial charge in [0, 0.05) is 5.41 Å². The molecule has 0 spiro atoms. The summed E-state index contributed by atoms with van der Waals surface area (Å²) in [5.41, 5.74) is 0.570. The van der Waals surface area contributed by atoms with Gasteiger partial charge in [0.1, 0.15) is 0 Å². The lowest BCUT2D eigenvalue weighted by Crippen LogP contribution is -2.17. The fourth-order valence-electron chi connectivity index (χ4n) is 2.13. The molecule has 10 heavy (non-hydrogen) atoms. The molecule has 0 aromatic carbocycles. The van der Waals surface area contributed by atoms with Gasteiger partial charge in [-0.15, -0.1) is 0 Å². The van der Waals surface area contributed by atoms with Gasteiger partial charge in [-0.1, -0.05) is 38.3 Å². The van der Waals surface area contributed by atoms with Crippen molar-refractivity contribution in [3.8, 4) is 0 Å². The molecule has 0 nitrogen and oxygen atoms in total. The second-order valence-corrected chi connectivity index (χ2v) is 4.03. The van der Waals surface area contributed by atoms with Crippen molar-refractivity contribution >= 4 is 0 Å². The Morgan fingerprint density at radius 2 is 1.70 bits per heavy atom. The van der Waals surface area contributed by atoms with Crippen LogP contribution in [0.4, 0.5) is 0 Å². The summed E-state index contributed by atoms with van der Waals surface area (Å²) in [6.07, 6.45) is 12.1. The zero-order valence-electron chi connectivity index (χ0n) is 6.77. The number of rotatable bonds is 1. The third-order valence-corrected chi connectivity index (χ3v) is 3.18. The van der Waals surface area contributed by atoms with Crippen LogP contribution in [-0.2, 0) is 0 Å². The average molecular weight is 136 g/mol. The van der Waals surface area contributed by atoms with E-state index in [-0.39, 0.29) is 0 Å². The van der Waals surface area contributed by atoms with Crippen LogP contribution in [0.25, 0.3) is 0 Å². The van der Waals surface area contributed by atoms with E-state index in [2.05, 4.69) is 19.1 Å². The van der Waals surface area contributed by atoms with Gasteiger partial charge in [-0.2, -0.15) is 0 Å². The molecule has 0 unspecified atom stereocenters. The van der Waals surface area contributed by atoms with Crippen molar-refractivity contribution in [2.75, 3.05) is 0 Å². The van der Waals surface area contributed by atoms with Crippen molar-refractivity contribution in [1.82, 2.24) is 0 Å². The summed E-state index contributed by atoms with van der Waals surface area (Å²) in [6, 6.07) is 0. The van der Waals surface area contributed by atoms with Crippen LogP contribution in [0.3, 0.4) is 0 Å². The largest absolute Gasteiger partial charge is 0.0777 e. The predicted octanol–water partition coefficient (Wildman–Crippen LogP) is 3.14. The zero-order valence-corrected chi connectivity index (χ0v) is 6.77. The Hall–Kier alpha value is -0.260. The maximum atomic E-state index is 2.38. The smallest absolute Gasteiger partial charge is 0.00615 e. The third kappa shape index (κ3) is 1.00. The second kappa shape index (κ2) is 2.11. The summed E-state index contributed by atoms with van der Waals surface area (Å²) < 4.78 is 0. The van der Waals surface area contributed by atoms with E-state index in [0.717, 1.165) is 5.92 Å². The van der Waals surface area contributed by atoms with Crippen LogP contribution in [0, 0.1) is 11.3 Å². The molecule has 2 aliphatic carbocycles. The fraction of sp³-hybridized carbons (Fsp3) is 0.800. The SMILES string of the molecule is CC1(C2CCCCC2)C=C1. The van der Waals surface area contributed by atoms with E-state index in [1.807, 2.05) is 0 Å². The molecule has 56 valence electrons. The van der Waals surface area contributed by atoms with Gasteiger partial charge in [-0.05, 0) is 18.8 Å². The maximum absolute atomic E-state index is 2.38. The summed E-state index contributed by atoms with van der Waals surface area (Å²) >= 11 is 0. The molecule has 0 radical (unpaired) electrons. The van der Waals surface area contributed by atoms with Crippen molar-refractivity contribution in [2.45, 2.75) is 39.0 Å². The minimum absolute atomic E-state index is 0.570. The summed E-state index contributed by atoms with van der Waals surface area (Å²) in [7, 11) is 0. The number of hydrogen-bond acceptors (Lipinski definition) is 0. The minimum Gasteiger partial charge on any atom is -0.0777 e. The van der Waals surface area contributed by atoms with Gasteiger partial charge < -0.3 is 0 Å². The van der Waals surface area contributed by atoms with Gasteiger partial charge in [-0.3, -0.25) is 0 Å². The van der Waals surface area contributed by atoms with Gasteiger partial charge in [-0.25, -0.2) is 0 Å². The first-order valence-electron chi connectivity index (χ1n) is 4.52. The van der Waals surface area contributed by atoms with Crippen molar-refractivity contribution in [3.05, 3.63) is 12.2 Å². The lowest BCUT2D eigenvalue weighted by molar-refractivity contribution is 0.268. The van der Waals surface area contributed by atoms with E-state index >= 15 is 0 Å². The lowest BCUT2D eigenvalue weighted by atomic mass is 9.77. The van der Waals surface area contributed by atoms with Gasteiger partial charge in [0.05, 0.1) is 0 Å². The van der Waals surface area contributed by atoms with E-state index in [1.165, 1.54) is 32.1 Å². The Balaban J connectivity index is 1.91. The standard InChI is InChI=1S/C10H16/c1-10(7-8-10)9-5-3-2-4-6-9/h7-9H,2-6H2,1H3. The van der Waals surface area contributed by atoms with Crippen molar-refractivity contribution in [1.29, 1.82) is 0 Å². The monoisotopic (exact) mass is 136 g/mol. The molecule has 0 heterocycles. The summed E-state index contributed by atoms with van der Waals surface area (Å²) in [6.45, 7) is 2.38. The van der Waals surface area contributed by atoms with E-state index in [4.69, 9.17) is 0 Å². The summed E-state index contributed by atoms with van der Waals surface area (Å²) in [5.74, 6) is 1.00. The highest BCUT2D eigenvalue weighted by atomic mass is 14.4. The Kier molecular flexibility index (Phi) is 1.36. The van der Waals surface area contributed by atoms with Gasteiger partial charge in [0.15, 0.2) is 0 Å². The fourth-order valence-corrected chi connectivity index (χ4v) is 2.13. The topological polar surface area (TPSA) is 0 Å². The summed E-state index contributed by atoms with van der Waals surface area (Å²) in [4.78, 5) is 0. The molecule has 1 fully saturated rings. The van der Waals surface area contributed by atoms with E-state index < -0.39 is 0 Å². The van der Waals surface area contributed by atoms with Crippen LogP contribution >= 0.6 is 0 Å². The number of allylic oxidation sites excluding steroid dienone is 2. The normalized spacial score (nSPS) is 30.5. The Morgan fingerprint density at radius 1 is 1.10 bits per heavy atom. The van der Waals surface area contributed by atoms with Crippen LogP contribution in [0.1, 0.15) is 39.0 Å². The highest BCUT2D eigenvalue weighted by Crippen LogP contribution is 2.48. The van der Waals surface area contributed by atoms with E-state index in [0.29, 0.717) is 5.41 Å². The third-order valence-electron chi connectivity index (χ3n) is 3.18. The first-order valence-corrected chi connectivity index (χ1v) is 4.52. The van der Waals surface area contributed by atoms with Crippen LogP contribution in [0.5, 0.6) is 0 Å². The van der Waals surface area contributed by atoms with Crippen molar-refractivity contribution < 1.29 is 0 Å². The molecular formula is C10H16. The van der Waals surface area contributed by atoms with E-state index in [1.54, 1.807) is 0 Å². The Bertz CT molecular complexity index is 143. The number of hydrogen-bond donors (Lipinski definition) is 0. The molecule has 0 aromatic heterocycles. The lowest BCUT2D eigenvalue weighted by Gasteiger charge is -2.27. The highest BCUT2D eigenvalue weighted by molar-refractivity contribution is 5.25. The molecule has 0 amide bonds. The average Bonchev–Trinajstić information content (AvgIpc) is 2.72. The Labute approximate surface area is 63.3 Å². The molecular weight excluding hydrogens is 120 g/mol. The first-order chi connectivity index (χ1) is 4.81. The highest BCUT2D eigenvalue weighted by Gasteiger charge is 2.37. The zero-order chi connectivity index (χ0) is 7.03. The Morgan fingerprint density at radius 3 is 2.20 bits per heavy atom. The first kappa shape index (κ1) is 6.45. The molecule has 0 atom stereocenters. The van der Waals surface area contributed by atoms with Gasteiger partial charge in [0.2, 0.25) is 0 Å². The molecule has 0 bridgehead atoms. The molecule has 0 aliphatic heterocycles. The molecule has 2 aliphatic rings. The minimum atomic E-state index is 0.570. The van der Waals surface area contributed by atoms with Crippen LogP contribution in [-0.4, -0.2) is 0 Å². The van der Waals surface area contributed by atoms with Gasteiger partial charge in [0.25, 0.3) is 0 Å². The second-order valence-electron chi connectivity index (χ2n) is 4.03.